The van der Waals surface area contributed by atoms with Crippen molar-refractivity contribution < 1.29 is 21.2 Å². The van der Waals surface area contributed by atoms with Gasteiger partial charge in [0, 0.05) is 11.3 Å². The Morgan fingerprint density at radius 1 is 1.05 bits per heavy atom. The van der Waals surface area contributed by atoms with Crippen LogP contribution >= 0.6 is 11.6 Å². The fourth-order valence-electron chi connectivity index (χ4n) is 1.69. The number of rotatable bonds is 4. The van der Waals surface area contributed by atoms with Gasteiger partial charge in [-0.2, -0.15) is 0 Å². The molecule has 2 rings (SSSR count). The monoisotopic (exact) mass is 363 g/mol. The second-order valence-electron chi connectivity index (χ2n) is 4.48. The Morgan fingerprint density at radius 2 is 1.73 bits per heavy atom. The minimum absolute atomic E-state index is 0.0114. The van der Waals surface area contributed by atoms with Crippen LogP contribution in [0.3, 0.4) is 0 Å². The lowest BCUT2D eigenvalue weighted by molar-refractivity contribution is 0.570. The third-order valence-electron chi connectivity index (χ3n) is 2.70. The van der Waals surface area contributed by atoms with Gasteiger partial charge in [-0.25, -0.2) is 21.2 Å². The van der Waals surface area contributed by atoms with Crippen molar-refractivity contribution in [2.24, 2.45) is 0 Å². The molecule has 0 heterocycles. The van der Waals surface area contributed by atoms with Gasteiger partial charge in [0.05, 0.1) is 10.6 Å². The van der Waals surface area contributed by atoms with E-state index in [1.54, 1.807) is 0 Å². The molecule has 5 nitrogen and oxygen atoms in total. The van der Waals surface area contributed by atoms with E-state index in [0.29, 0.717) is 0 Å². The van der Waals surface area contributed by atoms with Crippen LogP contribution in [0.4, 0.5) is 10.1 Å². The zero-order valence-electron chi connectivity index (χ0n) is 11.2. The standard InChI is InChI=1S/C13H11ClFNO4S2/c1-21(17,18)11-4-2-3-10(8-11)16-22(19,20)13-6-5-9(14)7-12(13)15/h2-8,16H,1H3. The number of sulfonamides is 1. The predicted octanol–water partition coefficient (Wildman–Crippen LogP) is 2.68. The van der Waals surface area contributed by atoms with Gasteiger partial charge in [-0.1, -0.05) is 17.7 Å². The van der Waals surface area contributed by atoms with Crippen molar-refractivity contribution in [1.82, 2.24) is 0 Å². The number of nitrogens with one attached hydrogen (secondary N) is 1. The average molecular weight is 364 g/mol. The molecule has 0 spiro atoms. The molecular weight excluding hydrogens is 353 g/mol. The van der Waals surface area contributed by atoms with Crippen molar-refractivity contribution in [3.8, 4) is 0 Å². The minimum atomic E-state index is -4.20. The Kier molecular flexibility index (Phi) is 4.46. The molecule has 0 fully saturated rings. The molecule has 0 saturated heterocycles. The molecule has 1 N–H and O–H groups in total. The summed E-state index contributed by atoms with van der Waals surface area (Å²) in [6, 6.07) is 8.37. The van der Waals surface area contributed by atoms with Crippen LogP contribution in [-0.4, -0.2) is 23.1 Å². The maximum absolute atomic E-state index is 13.7. The van der Waals surface area contributed by atoms with Crippen molar-refractivity contribution in [3.05, 3.63) is 53.3 Å². The molecule has 0 amide bonds. The van der Waals surface area contributed by atoms with Gasteiger partial charge < -0.3 is 0 Å². The Morgan fingerprint density at radius 3 is 2.32 bits per heavy atom. The van der Waals surface area contributed by atoms with Gasteiger partial charge >= 0.3 is 0 Å². The second-order valence-corrected chi connectivity index (χ2v) is 8.58. The summed E-state index contributed by atoms with van der Waals surface area (Å²) in [6.07, 6.45) is 0.999. The molecule has 22 heavy (non-hydrogen) atoms. The van der Waals surface area contributed by atoms with Crippen LogP contribution in [0.15, 0.2) is 52.3 Å². The van der Waals surface area contributed by atoms with Crippen molar-refractivity contribution in [3.63, 3.8) is 0 Å². The smallest absolute Gasteiger partial charge is 0.264 e. The lowest BCUT2D eigenvalue weighted by Crippen LogP contribution is -2.15. The van der Waals surface area contributed by atoms with Crippen LogP contribution < -0.4 is 4.72 Å². The molecule has 2 aromatic carbocycles. The first kappa shape index (κ1) is 16.7. The van der Waals surface area contributed by atoms with Crippen LogP contribution in [0.1, 0.15) is 0 Å². The van der Waals surface area contributed by atoms with Gasteiger partial charge in [-0.05, 0) is 36.4 Å². The molecule has 0 aliphatic rings. The summed E-state index contributed by atoms with van der Waals surface area (Å²) < 4.78 is 63.1. The molecule has 0 bridgehead atoms. The molecule has 0 aliphatic carbocycles. The van der Waals surface area contributed by atoms with Crippen LogP contribution in [-0.2, 0) is 19.9 Å². The van der Waals surface area contributed by atoms with Gasteiger partial charge in [0.25, 0.3) is 10.0 Å². The molecular formula is C13H11ClFNO4S2. The van der Waals surface area contributed by atoms with Crippen molar-refractivity contribution in [2.45, 2.75) is 9.79 Å². The highest BCUT2D eigenvalue weighted by atomic mass is 35.5. The summed E-state index contributed by atoms with van der Waals surface area (Å²) in [5.41, 5.74) is 0.0114. The number of benzene rings is 2. The summed E-state index contributed by atoms with van der Waals surface area (Å²) >= 11 is 5.58. The first-order valence-corrected chi connectivity index (χ1v) is 9.63. The SMILES string of the molecule is CS(=O)(=O)c1cccc(NS(=O)(=O)c2ccc(Cl)cc2F)c1. The van der Waals surface area contributed by atoms with E-state index in [0.717, 1.165) is 24.5 Å². The molecule has 2 aromatic rings. The molecule has 0 radical (unpaired) electrons. The van der Waals surface area contributed by atoms with Crippen LogP contribution in [0.2, 0.25) is 5.02 Å². The molecule has 9 heteroatoms. The van der Waals surface area contributed by atoms with Gasteiger partial charge in [0.1, 0.15) is 10.7 Å². The van der Waals surface area contributed by atoms with E-state index >= 15 is 0 Å². The third kappa shape index (κ3) is 3.76. The predicted molar refractivity (Wildman–Crippen MR) is 81.8 cm³/mol. The Hall–Kier alpha value is -1.64. The van der Waals surface area contributed by atoms with E-state index in [1.807, 2.05) is 0 Å². The highest BCUT2D eigenvalue weighted by Crippen LogP contribution is 2.23. The topological polar surface area (TPSA) is 80.3 Å². The number of hydrogen-bond donors (Lipinski definition) is 1. The maximum Gasteiger partial charge on any atom is 0.264 e. The summed E-state index contributed by atoms with van der Waals surface area (Å²) in [6.45, 7) is 0. The molecule has 0 saturated carbocycles. The number of hydrogen-bond acceptors (Lipinski definition) is 4. The molecule has 118 valence electrons. The van der Waals surface area contributed by atoms with E-state index in [9.17, 15) is 21.2 Å². The minimum Gasteiger partial charge on any atom is -0.280 e. The third-order valence-corrected chi connectivity index (χ3v) is 5.46. The quantitative estimate of drug-likeness (QED) is 0.905. The highest BCUT2D eigenvalue weighted by molar-refractivity contribution is 7.92. The first-order chi connectivity index (χ1) is 10.1. The Bertz CT molecular complexity index is 927. The van der Waals surface area contributed by atoms with Gasteiger partial charge in [0.2, 0.25) is 0 Å². The van der Waals surface area contributed by atoms with Gasteiger partial charge in [0.15, 0.2) is 9.84 Å². The lowest BCUT2D eigenvalue weighted by Gasteiger charge is -2.10. The Labute approximate surface area is 132 Å². The van der Waals surface area contributed by atoms with Crippen LogP contribution in [0.5, 0.6) is 0 Å². The van der Waals surface area contributed by atoms with E-state index in [1.165, 1.54) is 24.3 Å². The number of sulfone groups is 1. The Balaban J connectivity index is 2.41. The van der Waals surface area contributed by atoms with E-state index in [2.05, 4.69) is 4.72 Å². The van der Waals surface area contributed by atoms with E-state index in [4.69, 9.17) is 11.6 Å². The van der Waals surface area contributed by atoms with E-state index in [-0.39, 0.29) is 15.6 Å². The molecule has 0 aromatic heterocycles. The van der Waals surface area contributed by atoms with Crippen molar-refractivity contribution >= 4 is 37.1 Å². The average Bonchev–Trinajstić information content (AvgIpc) is 2.36. The summed E-state index contributed by atoms with van der Waals surface area (Å²) in [7, 11) is -7.69. The van der Waals surface area contributed by atoms with Gasteiger partial charge in [-0.3, -0.25) is 4.72 Å². The summed E-state index contributed by atoms with van der Waals surface area (Å²) in [5, 5.41) is 0.0653. The highest BCUT2D eigenvalue weighted by Gasteiger charge is 2.20. The van der Waals surface area contributed by atoms with E-state index < -0.39 is 30.6 Å². The fraction of sp³-hybridized carbons (Fsp3) is 0.0769. The lowest BCUT2D eigenvalue weighted by atomic mass is 10.3. The van der Waals surface area contributed by atoms with Crippen LogP contribution in [0.25, 0.3) is 0 Å². The molecule has 0 atom stereocenters. The molecule has 0 aliphatic heterocycles. The summed E-state index contributed by atoms with van der Waals surface area (Å²) in [4.78, 5) is -0.633. The van der Waals surface area contributed by atoms with Crippen LogP contribution in [0, 0.1) is 5.82 Å². The first-order valence-electron chi connectivity index (χ1n) is 5.87. The zero-order valence-corrected chi connectivity index (χ0v) is 13.6. The normalized spacial score (nSPS) is 12.1. The summed E-state index contributed by atoms with van der Waals surface area (Å²) in [5.74, 6) is -1.00. The van der Waals surface area contributed by atoms with Crippen molar-refractivity contribution in [2.75, 3.05) is 11.0 Å². The van der Waals surface area contributed by atoms with Gasteiger partial charge in [-0.15, -0.1) is 0 Å². The number of anilines is 1. The number of halogens is 2. The maximum atomic E-state index is 13.7. The van der Waals surface area contributed by atoms with Crippen molar-refractivity contribution in [1.29, 1.82) is 0 Å². The fourth-order valence-corrected chi connectivity index (χ4v) is 3.63. The molecule has 0 unspecified atom stereocenters. The largest absolute Gasteiger partial charge is 0.280 e. The zero-order chi connectivity index (χ0) is 16.5. The second kappa shape index (κ2) is 5.86.